The third kappa shape index (κ3) is 4.69. The zero-order valence-corrected chi connectivity index (χ0v) is 15.2. The topological polar surface area (TPSA) is 63.2 Å². The summed E-state index contributed by atoms with van der Waals surface area (Å²) in [5.74, 6) is 1.46. The predicted molar refractivity (Wildman–Crippen MR) is 99.3 cm³/mol. The van der Waals surface area contributed by atoms with E-state index in [0.29, 0.717) is 10.8 Å². The van der Waals surface area contributed by atoms with Gasteiger partial charge in [0.05, 0.1) is 13.3 Å². The van der Waals surface area contributed by atoms with Crippen molar-refractivity contribution in [2.45, 2.75) is 12.8 Å². The number of carbonyl (C=O) groups is 1. The third-order valence-electron chi connectivity index (χ3n) is 4.07. The van der Waals surface area contributed by atoms with Gasteiger partial charge < -0.3 is 15.4 Å². The molecule has 1 aliphatic rings. The van der Waals surface area contributed by atoms with Crippen LogP contribution in [-0.4, -0.2) is 37.6 Å². The van der Waals surface area contributed by atoms with Crippen molar-refractivity contribution in [1.82, 2.24) is 15.6 Å². The Balaban J connectivity index is 0.00000208. The van der Waals surface area contributed by atoms with Gasteiger partial charge in [-0.05, 0) is 56.1 Å². The van der Waals surface area contributed by atoms with Crippen molar-refractivity contribution in [2.24, 2.45) is 5.92 Å². The first-order valence-electron chi connectivity index (χ1n) is 7.85. The van der Waals surface area contributed by atoms with Gasteiger partial charge in [-0.2, -0.15) is 0 Å². The van der Waals surface area contributed by atoms with E-state index in [-0.39, 0.29) is 18.3 Å². The standard InChI is InChI=1S/C17H21N3O2S.ClH/c1-22-14-4-2-13(3-5-14)17-20-11-15(23-17)16(21)19-9-7-12-6-8-18-10-12;/h2-5,11-12,18H,6-10H2,1H3,(H,19,21);1H. The monoisotopic (exact) mass is 367 g/mol. The number of thiazole rings is 1. The van der Waals surface area contributed by atoms with E-state index in [9.17, 15) is 4.79 Å². The van der Waals surface area contributed by atoms with Gasteiger partial charge in [-0.15, -0.1) is 23.7 Å². The van der Waals surface area contributed by atoms with E-state index >= 15 is 0 Å². The molecule has 0 radical (unpaired) electrons. The van der Waals surface area contributed by atoms with Crippen molar-refractivity contribution in [3.63, 3.8) is 0 Å². The van der Waals surface area contributed by atoms with Crippen molar-refractivity contribution in [1.29, 1.82) is 0 Å². The van der Waals surface area contributed by atoms with Gasteiger partial charge in [0.1, 0.15) is 15.6 Å². The smallest absolute Gasteiger partial charge is 0.263 e. The minimum absolute atomic E-state index is 0. The summed E-state index contributed by atoms with van der Waals surface area (Å²) < 4.78 is 5.15. The fourth-order valence-corrected chi connectivity index (χ4v) is 3.52. The van der Waals surface area contributed by atoms with Crippen LogP contribution in [0.15, 0.2) is 30.5 Å². The lowest BCUT2D eigenvalue weighted by atomic mass is 10.1. The van der Waals surface area contributed by atoms with Gasteiger partial charge in [-0.3, -0.25) is 4.79 Å². The molecule has 0 aliphatic carbocycles. The Morgan fingerprint density at radius 3 is 2.88 bits per heavy atom. The van der Waals surface area contributed by atoms with E-state index in [1.165, 1.54) is 17.8 Å². The molecule has 130 valence electrons. The number of amides is 1. The molecular formula is C17H22ClN3O2S. The maximum atomic E-state index is 12.2. The Morgan fingerprint density at radius 1 is 1.42 bits per heavy atom. The van der Waals surface area contributed by atoms with Crippen LogP contribution in [0.5, 0.6) is 5.75 Å². The van der Waals surface area contributed by atoms with Crippen LogP contribution < -0.4 is 15.4 Å². The van der Waals surface area contributed by atoms with Crippen LogP contribution >= 0.6 is 23.7 Å². The highest BCUT2D eigenvalue weighted by Gasteiger charge is 2.15. The Labute approximate surface area is 152 Å². The Morgan fingerprint density at radius 2 is 2.21 bits per heavy atom. The molecule has 1 aromatic carbocycles. The molecule has 1 aromatic heterocycles. The third-order valence-corrected chi connectivity index (χ3v) is 5.11. The maximum absolute atomic E-state index is 12.2. The lowest BCUT2D eigenvalue weighted by Crippen LogP contribution is -2.25. The number of hydrogen-bond donors (Lipinski definition) is 2. The largest absolute Gasteiger partial charge is 0.497 e. The van der Waals surface area contributed by atoms with Crippen LogP contribution in [0.1, 0.15) is 22.5 Å². The van der Waals surface area contributed by atoms with Crippen molar-refractivity contribution >= 4 is 29.7 Å². The van der Waals surface area contributed by atoms with E-state index in [1.54, 1.807) is 13.3 Å². The molecule has 1 fully saturated rings. The second-order valence-corrected chi connectivity index (χ2v) is 6.69. The lowest BCUT2D eigenvalue weighted by Gasteiger charge is -2.08. The molecule has 0 spiro atoms. The molecule has 0 saturated carbocycles. The molecule has 24 heavy (non-hydrogen) atoms. The number of hydrogen-bond acceptors (Lipinski definition) is 5. The molecule has 1 saturated heterocycles. The van der Waals surface area contributed by atoms with E-state index in [4.69, 9.17) is 4.74 Å². The number of benzene rings is 1. The number of aromatic nitrogens is 1. The van der Waals surface area contributed by atoms with Gasteiger partial charge in [0, 0.05) is 12.1 Å². The molecule has 0 bridgehead atoms. The zero-order valence-electron chi connectivity index (χ0n) is 13.6. The van der Waals surface area contributed by atoms with Crippen molar-refractivity contribution < 1.29 is 9.53 Å². The first-order valence-corrected chi connectivity index (χ1v) is 8.67. The van der Waals surface area contributed by atoms with E-state index in [1.807, 2.05) is 24.3 Å². The number of ether oxygens (including phenoxy) is 1. The molecule has 2 heterocycles. The first kappa shape index (κ1) is 18.7. The minimum atomic E-state index is -0.0341. The summed E-state index contributed by atoms with van der Waals surface area (Å²) in [4.78, 5) is 17.2. The predicted octanol–water partition coefficient (Wildman–Crippen LogP) is 2.97. The average molecular weight is 368 g/mol. The molecule has 1 amide bonds. The first-order chi connectivity index (χ1) is 11.3. The van der Waals surface area contributed by atoms with Crippen molar-refractivity contribution in [3.05, 3.63) is 35.3 Å². The summed E-state index contributed by atoms with van der Waals surface area (Å²) in [7, 11) is 1.64. The summed E-state index contributed by atoms with van der Waals surface area (Å²) in [6.45, 7) is 2.89. The van der Waals surface area contributed by atoms with Crippen molar-refractivity contribution in [3.8, 4) is 16.3 Å². The summed E-state index contributed by atoms with van der Waals surface area (Å²) >= 11 is 1.41. The molecular weight excluding hydrogens is 346 g/mol. The van der Waals surface area contributed by atoms with Crippen molar-refractivity contribution in [2.75, 3.05) is 26.7 Å². The number of rotatable bonds is 6. The molecule has 3 rings (SSSR count). The molecule has 1 aliphatic heterocycles. The molecule has 1 unspecified atom stereocenters. The highest BCUT2D eigenvalue weighted by atomic mass is 35.5. The number of nitrogens with one attached hydrogen (secondary N) is 2. The van der Waals surface area contributed by atoms with Gasteiger partial charge in [0.2, 0.25) is 0 Å². The Bertz CT molecular complexity index is 654. The van der Waals surface area contributed by atoms with Gasteiger partial charge >= 0.3 is 0 Å². The molecule has 2 aromatic rings. The Kier molecular flexibility index (Phi) is 7.02. The molecule has 1 atom stereocenters. The SMILES string of the molecule is COc1ccc(-c2ncc(C(=O)NCCC3CCNC3)s2)cc1.Cl. The van der Waals surface area contributed by atoms with E-state index in [0.717, 1.165) is 42.4 Å². The fourth-order valence-electron chi connectivity index (χ4n) is 2.68. The summed E-state index contributed by atoms with van der Waals surface area (Å²) in [5, 5.41) is 7.18. The number of methoxy groups -OCH3 is 1. The lowest BCUT2D eigenvalue weighted by molar-refractivity contribution is 0.0955. The second-order valence-electron chi connectivity index (χ2n) is 5.66. The quantitative estimate of drug-likeness (QED) is 0.823. The fraction of sp³-hybridized carbons (Fsp3) is 0.412. The minimum Gasteiger partial charge on any atom is -0.497 e. The average Bonchev–Trinajstić information content (AvgIpc) is 3.26. The highest BCUT2D eigenvalue weighted by molar-refractivity contribution is 7.16. The maximum Gasteiger partial charge on any atom is 0.263 e. The van der Waals surface area contributed by atoms with Crippen LogP contribution in [0.4, 0.5) is 0 Å². The second kappa shape index (κ2) is 9.01. The van der Waals surface area contributed by atoms with E-state index < -0.39 is 0 Å². The number of nitrogens with zero attached hydrogens (tertiary/aromatic N) is 1. The molecule has 7 heteroatoms. The summed E-state index contributed by atoms with van der Waals surface area (Å²) in [6, 6.07) is 7.69. The van der Waals surface area contributed by atoms with Crippen LogP contribution in [0.2, 0.25) is 0 Å². The van der Waals surface area contributed by atoms with Gasteiger partial charge in [-0.1, -0.05) is 0 Å². The van der Waals surface area contributed by atoms with Crippen LogP contribution in [0.3, 0.4) is 0 Å². The van der Waals surface area contributed by atoms with Crippen LogP contribution in [-0.2, 0) is 0 Å². The molecule has 2 N–H and O–H groups in total. The highest BCUT2D eigenvalue weighted by Crippen LogP contribution is 2.26. The van der Waals surface area contributed by atoms with E-state index in [2.05, 4.69) is 15.6 Å². The number of carbonyl (C=O) groups excluding carboxylic acids is 1. The van der Waals surface area contributed by atoms with Crippen LogP contribution in [0.25, 0.3) is 10.6 Å². The van der Waals surface area contributed by atoms with Gasteiger partial charge in [0.25, 0.3) is 5.91 Å². The Hall–Kier alpha value is -1.63. The normalized spacial score (nSPS) is 16.5. The molecule has 5 nitrogen and oxygen atoms in total. The van der Waals surface area contributed by atoms with Gasteiger partial charge in [-0.25, -0.2) is 4.98 Å². The summed E-state index contributed by atoms with van der Waals surface area (Å²) in [6.07, 6.45) is 3.89. The van der Waals surface area contributed by atoms with Crippen LogP contribution in [0, 0.1) is 5.92 Å². The number of halogens is 1. The zero-order chi connectivity index (χ0) is 16.1. The van der Waals surface area contributed by atoms with Gasteiger partial charge in [0.15, 0.2) is 0 Å². The summed E-state index contributed by atoms with van der Waals surface area (Å²) in [5.41, 5.74) is 0.992.